The highest BCUT2D eigenvalue weighted by Gasteiger charge is 2.14. The third-order valence-electron chi connectivity index (χ3n) is 2.62. The molecular weight excluding hydrogens is 236 g/mol. The molecule has 1 heterocycles. The number of carboxylic acids is 1. The van der Waals surface area contributed by atoms with Crippen molar-refractivity contribution in [3.8, 4) is 16.2 Å². The van der Waals surface area contributed by atoms with Gasteiger partial charge < -0.3 is 9.84 Å². The molecule has 0 radical (unpaired) electrons. The number of hydrogen-bond acceptors (Lipinski definition) is 3. The van der Waals surface area contributed by atoms with Gasteiger partial charge in [0.05, 0.1) is 12.7 Å². The van der Waals surface area contributed by atoms with Crippen LogP contribution >= 0.6 is 11.3 Å². The van der Waals surface area contributed by atoms with E-state index >= 15 is 0 Å². The molecule has 0 bridgehead atoms. The molecule has 17 heavy (non-hydrogen) atoms. The Labute approximate surface area is 103 Å². The van der Waals surface area contributed by atoms with Crippen molar-refractivity contribution < 1.29 is 14.6 Å². The molecule has 0 unspecified atom stereocenters. The number of aromatic carboxylic acids is 1. The minimum absolute atomic E-state index is 0.376. The minimum atomic E-state index is -0.876. The Morgan fingerprint density at radius 1 is 1.29 bits per heavy atom. The lowest BCUT2D eigenvalue weighted by atomic mass is 10.1. The van der Waals surface area contributed by atoms with E-state index in [1.165, 1.54) is 11.3 Å². The number of methoxy groups -OCH3 is 1. The molecule has 0 atom stereocenters. The lowest BCUT2D eigenvalue weighted by Crippen LogP contribution is -1.95. The number of hydrogen-bond donors (Lipinski definition) is 1. The second-order valence-corrected chi connectivity index (χ2v) is 4.52. The van der Waals surface area contributed by atoms with Crippen molar-refractivity contribution in [2.45, 2.75) is 6.92 Å². The van der Waals surface area contributed by atoms with Gasteiger partial charge in [0.2, 0.25) is 0 Å². The van der Waals surface area contributed by atoms with E-state index in [2.05, 4.69) is 0 Å². The first-order valence-corrected chi connectivity index (χ1v) is 5.97. The largest absolute Gasteiger partial charge is 0.497 e. The standard InChI is InChI=1S/C13H12O3S/c1-8-11(13(14)15)7-17-12(8)9-3-5-10(16-2)6-4-9/h3-7H,1-2H3,(H,14,15). The molecule has 3 nitrogen and oxygen atoms in total. The van der Waals surface area contributed by atoms with Crippen molar-refractivity contribution in [2.75, 3.05) is 7.11 Å². The summed E-state index contributed by atoms with van der Waals surface area (Å²) in [5, 5.41) is 10.7. The summed E-state index contributed by atoms with van der Waals surface area (Å²) in [6.07, 6.45) is 0. The summed E-state index contributed by atoms with van der Waals surface area (Å²) in [5.41, 5.74) is 2.20. The summed E-state index contributed by atoms with van der Waals surface area (Å²) in [5.74, 6) is -0.0834. The minimum Gasteiger partial charge on any atom is -0.497 e. The normalized spacial score (nSPS) is 10.2. The molecule has 0 saturated carbocycles. The maximum Gasteiger partial charge on any atom is 0.336 e. The molecule has 0 amide bonds. The Morgan fingerprint density at radius 2 is 1.94 bits per heavy atom. The third kappa shape index (κ3) is 2.17. The van der Waals surface area contributed by atoms with Gasteiger partial charge in [-0.15, -0.1) is 11.3 Å². The third-order valence-corrected chi connectivity index (χ3v) is 3.75. The summed E-state index contributed by atoms with van der Waals surface area (Å²) in [6, 6.07) is 7.61. The van der Waals surface area contributed by atoms with Crippen LogP contribution in [0.5, 0.6) is 5.75 Å². The maximum atomic E-state index is 11.0. The number of carbonyl (C=O) groups is 1. The molecule has 0 spiro atoms. The average Bonchev–Trinajstić information content (AvgIpc) is 2.71. The van der Waals surface area contributed by atoms with E-state index in [-0.39, 0.29) is 0 Å². The molecule has 0 fully saturated rings. The van der Waals surface area contributed by atoms with Crippen LogP contribution in [0.3, 0.4) is 0 Å². The molecule has 0 aliphatic carbocycles. The maximum absolute atomic E-state index is 11.0. The van der Waals surface area contributed by atoms with Crippen molar-refractivity contribution in [1.29, 1.82) is 0 Å². The Hall–Kier alpha value is -1.81. The van der Waals surface area contributed by atoms with E-state index in [9.17, 15) is 4.79 Å². The van der Waals surface area contributed by atoms with E-state index in [0.29, 0.717) is 5.56 Å². The van der Waals surface area contributed by atoms with E-state index in [1.807, 2.05) is 31.2 Å². The second-order valence-electron chi connectivity index (χ2n) is 3.64. The Morgan fingerprint density at radius 3 is 2.41 bits per heavy atom. The van der Waals surface area contributed by atoms with Crippen LogP contribution in [0.1, 0.15) is 15.9 Å². The molecule has 1 N–H and O–H groups in total. The first-order valence-electron chi connectivity index (χ1n) is 5.09. The zero-order valence-electron chi connectivity index (χ0n) is 9.56. The van der Waals surface area contributed by atoms with E-state index < -0.39 is 5.97 Å². The van der Waals surface area contributed by atoms with E-state index in [1.54, 1.807) is 12.5 Å². The highest BCUT2D eigenvalue weighted by molar-refractivity contribution is 7.14. The number of benzene rings is 1. The second kappa shape index (κ2) is 4.59. The number of ether oxygens (including phenoxy) is 1. The van der Waals surface area contributed by atoms with Crippen LogP contribution < -0.4 is 4.74 Å². The first-order chi connectivity index (χ1) is 8.13. The summed E-state index contributed by atoms with van der Waals surface area (Å²) >= 11 is 1.45. The summed E-state index contributed by atoms with van der Waals surface area (Å²) in [7, 11) is 1.62. The lowest BCUT2D eigenvalue weighted by molar-refractivity contribution is 0.0697. The average molecular weight is 248 g/mol. The monoisotopic (exact) mass is 248 g/mol. The predicted octanol–water partition coefficient (Wildman–Crippen LogP) is 3.43. The van der Waals surface area contributed by atoms with Crippen molar-refractivity contribution in [2.24, 2.45) is 0 Å². The van der Waals surface area contributed by atoms with E-state index in [0.717, 1.165) is 21.8 Å². The first kappa shape index (κ1) is 11.7. The van der Waals surface area contributed by atoms with Gasteiger partial charge in [0, 0.05) is 10.3 Å². The van der Waals surface area contributed by atoms with Gasteiger partial charge in [-0.2, -0.15) is 0 Å². The molecule has 0 saturated heterocycles. The fourth-order valence-corrected chi connectivity index (χ4v) is 2.73. The zero-order chi connectivity index (χ0) is 12.4. The lowest BCUT2D eigenvalue weighted by Gasteiger charge is -2.03. The van der Waals surface area contributed by atoms with Gasteiger partial charge in [0.15, 0.2) is 0 Å². The predicted molar refractivity (Wildman–Crippen MR) is 68.0 cm³/mol. The summed E-state index contributed by atoms with van der Waals surface area (Å²) < 4.78 is 5.09. The van der Waals surface area contributed by atoms with E-state index in [4.69, 9.17) is 9.84 Å². The number of rotatable bonds is 3. The summed E-state index contributed by atoms with van der Waals surface area (Å²) in [6.45, 7) is 1.83. The SMILES string of the molecule is COc1ccc(-c2scc(C(=O)O)c2C)cc1. The van der Waals surface area contributed by atoms with Crippen LogP contribution in [0.15, 0.2) is 29.6 Å². The molecule has 2 rings (SSSR count). The van der Waals surface area contributed by atoms with Gasteiger partial charge in [0.1, 0.15) is 5.75 Å². The van der Waals surface area contributed by atoms with Crippen molar-refractivity contribution in [1.82, 2.24) is 0 Å². The Balaban J connectivity index is 2.42. The number of carboxylic acid groups (broad SMARTS) is 1. The van der Waals surface area contributed by atoms with Gasteiger partial charge in [-0.3, -0.25) is 0 Å². The quantitative estimate of drug-likeness (QED) is 0.905. The van der Waals surface area contributed by atoms with Gasteiger partial charge >= 0.3 is 5.97 Å². The van der Waals surface area contributed by atoms with Crippen molar-refractivity contribution >= 4 is 17.3 Å². The highest BCUT2D eigenvalue weighted by Crippen LogP contribution is 2.33. The fraction of sp³-hybridized carbons (Fsp3) is 0.154. The zero-order valence-corrected chi connectivity index (χ0v) is 10.4. The van der Waals surface area contributed by atoms with Crippen LogP contribution in [0.25, 0.3) is 10.4 Å². The topological polar surface area (TPSA) is 46.5 Å². The number of thiophene rings is 1. The molecule has 2 aromatic rings. The molecule has 0 aliphatic heterocycles. The van der Waals surface area contributed by atoms with Gasteiger partial charge in [0.25, 0.3) is 0 Å². The van der Waals surface area contributed by atoms with Crippen LogP contribution in [0, 0.1) is 6.92 Å². The molecule has 0 aliphatic rings. The molecule has 1 aromatic heterocycles. The smallest absolute Gasteiger partial charge is 0.336 e. The van der Waals surface area contributed by atoms with Gasteiger partial charge in [-0.25, -0.2) is 4.79 Å². The Kier molecular flexibility index (Phi) is 3.15. The molecule has 1 aromatic carbocycles. The summed E-state index contributed by atoms with van der Waals surface area (Å²) in [4.78, 5) is 11.9. The van der Waals surface area contributed by atoms with Crippen molar-refractivity contribution in [3.05, 3.63) is 40.8 Å². The molecule has 4 heteroatoms. The fourth-order valence-electron chi connectivity index (χ4n) is 1.65. The van der Waals surface area contributed by atoms with Crippen molar-refractivity contribution in [3.63, 3.8) is 0 Å². The Bertz CT molecular complexity index is 540. The van der Waals surface area contributed by atoms with Crippen LogP contribution in [0.4, 0.5) is 0 Å². The van der Waals surface area contributed by atoms with Gasteiger partial charge in [-0.05, 0) is 42.3 Å². The van der Waals surface area contributed by atoms with Crippen LogP contribution in [-0.4, -0.2) is 18.2 Å². The van der Waals surface area contributed by atoms with Gasteiger partial charge in [-0.1, -0.05) is 0 Å². The molecule has 88 valence electrons. The highest BCUT2D eigenvalue weighted by atomic mass is 32.1. The van der Waals surface area contributed by atoms with Crippen LogP contribution in [-0.2, 0) is 0 Å². The molecular formula is C13H12O3S. The van der Waals surface area contributed by atoms with Crippen LogP contribution in [0.2, 0.25) is 0 Å².